The second kappa shape index (κ2) is 3.56. The Labute approximate surface area is 90.5 Å². The Morgan fingerprint density at radius 2 is 2.07 bits per heavy atom. The van der Waals surface area contributed by atoms with Gasteiger partial charge in [0, 0.05) is 17.1 Å². The molecule has 4 heteroatoms. The van der Waals surface area contributed by atoms with Crippen LogP contribution in [0.25, 0.3) is 10.9 Å². The summed E-state index contributed by atoms with van der Waals surface area (Å²) in [4.78, 5) is 14.8. The molecule has 1 heterocycles. The van der Waals surface area contributed by atoms with Crippen molar-refractivity contribution in [3.63, 3.8) is 0 Å². The number of carbonyl (C=O) groups is 1. The molecule has 0 bridgehead atoms. The fraction of sp³-hybridized carbons (Fsp3) is 0. The molecule has 0 saturated carbocycles. The smallest absolute Gasteiger partial charge is 0.152 e. The summed E-state index contributed by atoms with van der Waals surface area (Å²) in [6.45, 7) is 0. The first-order valence-electron chi connectivity index (χ1n) is 3.91. The van der Waals surface area contributed by atoms with Crippen molar-refractivity contribution in [2.75, 3.05) is 0 Å². The highest BCUT2D eigenvalue weighted by Crippen LogP contribution is 2.26. The number of aldehydes is 1. The third kappa shape index (κ3) is 1.47. The molecule has 0 fully saturated rings. The van der Waals surface area contributed by atoms with E-state index in [1.165, 1.54) is 6.20 Å². The molecular weight excluding hydrogens is 221 g/mol. The number of halogens is 2. The summed E-state index contributed by atoms with van der Waals surface area (Å²) in [5, 5.41) is 1.74. The Bertz CT molecular complexity index is 511. The van der Waals surface area contributed by atoms with E-state index in [2.05, 4.69) is 4.98 Å². The highest BCUT2D eigenvalue weighted by Gasteiger charge is 2.05. The second-order valence-corrected chi connectivity index (χ2v) is 3.65. The third-order valence-corrected chi connectivity index (χ3v) is 2.46. The van der Waals surface area contributed by atoms with Crippen molar-refractivity contribution in [1.82, 2.24) is 4.98 Å². The molecule has 70 valence electrons. The van der Waals surface area contributed by atoms with Crippen LogP contribution in [-0.4, -0.2) is 11.3 Å². The molecule has 2 rings (SSSR count). The molecule has 0 saturated heterocycles. The second-order valence-electron chi connectivity index (χ2n) is 2.80. The molecular formula is C10H5Cl2NO. The highest BCUT2D eigenvalue weighted by molar-refractivity contribution is 6.37. The summed E-state index contributed by atoms with van der Waals surface area (Å²) >= 11 is 11.7. The Balaban J connectivity index is 2.91. The van der Waals surface area contributed by atoms with Crippen LogP contribution in [0.3, 0.4) is 0 Å². The van der Waals surface area contributed by atoms with Gasteiger partial charge in [-0.25, -0.2) is 0 Å². The summed E-state index contributed by atoms with van der Waals surface area (Å²) in [6, 6.07) is 4.99. The van der Waals surface area contributed by atoms with Gasteiger partial charge in [0.15, 0.2) is 6.29 Å². The van der Waals surface area contributed by atoms with Gasteiger partial charge in [0.1, 0.15) is 0 Å². The van der Waals surface area contributed by atoms with Crippen LogP contribution < -0.4 is 0 Å². The van der Waals surface area contributed by atoms with Crippen LogP contribution in [0.5, 0.6) is 0 Å². The number of rotatable bonds is 1. The minimum atomic E-state index is 0.502. The first kappa shape index (κ1) is 9.44. The molecule has 0 radical (unpaired) electrons. The van der Waals surface area contributed by atoms with Crippen LogP contribution in [0.2, 0.25) is 10.0 Å². The van der Waals surface area contributed by atoms with Gasteiger partial charge < -0.3 is 0 Å². The SMILES string of the molecule is O=Cc1ccc(Cl)c2cc(Cl)cnc12. The largest absolute Gasteiger partial charge is 0.298 e. The fourth-order valence-electron chi connectivity index (χ4n) is 1.28. The predicted molar refractivity (Wildman–Crippen MR) is 57.2 cm³/mol. The third-order valence-electron chi connectivity index (χ3n) is 1.92. The van der Waals surface area contributed by atoms with Gasteiger partial charge in [0.25, 0.3) is 0 Å². The lowest BCUT2D eigenvalue weighted by Gasteiger charge is -2.02. The molecule has 0 unspecified atom stereocenters. The summed E-state index contributed by atoms with van der Waals surface area (Å²) in [7, 11) is 0. The average molecular weight is 226 g/mol. The molecule has 1 aromatic heterocycles. The van der Waals surface area contributed by atoms with Crippen molar-refractivity contribution in [1.29, 1.82) is 0 Å². The Kier molecular flexibility index (Phi) is 2.40. The quantitative estimate of drug-likeness (QED) is 0.698. The maximum atomic E-state index is 10.7. The maximum absolute atomic E-state index is 10.7. The molecule has 2 aromatic rings. The number of carbonyl (C=O) groups excluding carboxylic acids is 1. The maximum Gasteiger partial charge on any atom is 0.152 e. The van der Waals surface area contributed by atoms with Crippen LogP contribution in [0.1, 0.15) is 10.4 Å². The number of benzene rings is 1. The molecule has 0 aliphatic carbocycles. The predicted octanol–water partition coefficient (Wildman–Crippen LogP) is 3.35. The van der Waals surface area contributed by atoms with Crippen LogP contribution in [0.4, 0.5) is 0 Å². The molecule has 0 atom stereocenters. The first-order valence-corrected chi connectivity index (χ1v) is 4.67. The number of hydrogen-bond acceptors (Lipinski definition) is 2. The van der Waals surface area contributed by atoms with Gasteiger partial charge in [-0.3, -0.25) is 9.78 Å². The first-order chi connectivity index (χ1) is 6.72. The van der Waals surface area contributed by atoms with E-state index in [1.54, 1.807) is 18.2 Å². The van der Waals surface area contributed by atoms with Gasteiger partial charge in [-0.05, 0) is 18.2 Å². The molecule has 2 nitrogen and oxygen atoms in total. The van der Waals surface area contributed by atoms with Gasteiger partial charge in [-0.1, -0.05) is 23.2 Å². The van der Waals surface area contributed by atoms with E-state index in [0.29, 0.717) is 26.5 Å². The number of aromatic nitrogens is 1. The Hall–Kier alpha value is -1.12. The van der Waals surface area contributed by atoms with E-state index in [1.807, 2.05) is 0 Å². The van der Waals surface area contributed by atoms with E-state index in [4.69, 9.17) is 23.2 Å². The lowest BCUT2D eigenvalue weighted by Crippen LogP contribution is -1.87. The molecule has 14 heavy (non-hydrogen) atoms. The number of pyridine rings is 1. The van der Waals surface area contributed by atoms with Crippen molar-refractivity contribution in [2.24, 2.45) is 0 Å². The number of hydrogen-bond donors (Lipinski definition) is 0. The molecule has 0 N–H and O–H groups in total. The molecule has 0 amide bonds. The Morgan fingerprint density at radius 1 is 1.29 bits per heavy atom. The van der Waals surface area contributed by atoms with E-state index >= 15 is 0 Å². The van der Waals surface area contributed by atoms with Crippen molar-refractivity contribution in [3.8, 4) is 0 Å². The van der Waals surface area contributed by atoms with Crippen molar-refractivity contribution in [3.05, 3.63) is 40.0 Å². The van der Waals surface area contributed by atoms with E-state index in [9.17, 15) is 4.79 Å². The monoisotopic (exact) mass is 225 g/mol. The molecule has 0 aliphatic rings. The standard InChI is InChI=1S/C10H5Cl2NO/c11-7-3-8-9(12)2-1-6(5-14)10(8)13-4-7/h1-5H. The highest BCUT2D eigenvalue weighted by atomic mass is 35.5. The van der Waals surface area contributed by atoms with Crippen LogP contribution in [0, 0.1) is 0 Å². The zero-order valence-electron chi connectivity index (χ0n) is 7.00. The number of fused-ring (bicyclic) bond motifs is 1. The van der Waals surface area contributed by atoms with Crippen LogP contribution in [0.15, 0.2) is 24.4 Å². The van der Waals surface area contributed by atoms with Gasteiger partial charge in [-0.2, -0.15) is 0 Å². The fourth-order valence-corrected chi connectivity index (χ4v) is 1.64. The summed E-state index contributed by atoms with van der Waals surface area (Å²) in [5.74, 6) is 0. The van der Waals surface area contributed by atoms with Gasteiger partial charge in [0.2, 0.25) is 0 Å². The lowest BCUT2D eigenvalue weighted by molar-refractivity contribution is 0.112. The molecule has 0 spiro atoms. The summed E-state index contributed by atoms with van der Waals surface area (Å²) in [5.41, 5.74) is 1.10. The zero-order chi connectivity index (χ0) is 10.1. The average Bonchev–Trinajstić information content (AvgIpc) is 2.19. The molecule has 1 aromatic carbocycles. The molecule has 0 aliphatic heterocycles. The zero-order valence-corrected chi connectivity index (χ0v) is 8.51. The van der Waals surface area contributed by atoms with Gasteiger partial charge >= 0.3 is 0 Å². The van der Waals surface area contributed by atoms with Crippen molar-refractivity contribution >= 4 is 40.4 Å². The van der Waals surface area contributed by atoms with E-state index in [-0.39, 0.29) is 0 Å². The minimum Gasteiger partial charge on any atom is -0.298 e. The number of nitrogens with zero attached hydrogens (tertiary/aromatic N) is 1. The minimum absolute atomic E-state index is 0.502. The Morgan fingerprint density at radius 3 is 2.79 bits per heavy atom. The van der Waals surface area contributed by atoms with Crippen LogP contribution in [-0.2, 0) is 0 Å². The van der Waals surface area contributed by atoms with Crippen molar-refractivity contribution < 1.29 is 4.79 Å². The summed E-state index contributed by atoms with van der Waals surface area (Å²) < 4.78 is 0. The van der Waals surface area contributed by atoms with Gasteiger partial charge in [-0.15, -0.1) is 0 Å². The van der Waals surface area contributed by atoms with Crippen molar-refractivity contribution in [2.45, 2.75) is 0 Å². The lowest BCUT2D eigenvalue weighted by atomic mass is 10.1. The van der Waals surface area contributed by atoms with Gasteiger partial charge in [0.05, 0.1) is 15.6 Å². The van der Waals surface area contributed by atoms with E-state index in [0.717, 1.165) is 6.29 Å². The van der Waals surface area contributed by atoms with Crippen LogP contribution >= 0.6 is 23.2 Å². The topological polar surface area (TPSA) is 30.0 Å². The van der Waals surface area contributed by atoms with E-state index < -0.39 is 0 Å². The normalized spacial score (nSPS) is 10.4. The summed E-state index contributed by atoms with van der Waals surface area (Å²) in [6.07, 6.45) is 2.24.